The molecule has 21 heavy (non-hydrogen) atoms. The van der Waals surface area contributed by atoms with Gasteiger partial charge >= 0.3 is 0 Å². The molecule has 0 aliphatic carbocycles. The third-order valence-electron chi connectivity index (χ3n) is 2.86. The van der Waals surface area contributed by atoms with Crippen molar-refractivity contribution in [1.82, 2.24) is 0 Å². The zero-order chi connectivity index (χ0) is 15.5. The summed E-state index contributed by atoms with van der Waals surface area (Å²) in [6, 6.07) is 11.5. The van der Waals surface area contributed by atoms with E-state index in [4.69, 9.17) is 4.74 Å². The monoisotopic (exact) mass is 370 g/mol. The van der Waals surface area contributed by atoms with Crippen LogP contribution in [0.3, 0.4) is 0 Å². The summed E-state index contributed by atoms with van der Waals surface area (Å²) in [5, 5.41) is 2.94. The third kappa shape index (κ3) is 3.68. The van der Waals surface area contributed by atoms with Gasteiger partial charge in [-0.3, -0.25) is 4.72 Å². The summed E-state index contributed by atoms with van der Waals surface area (Å²) in [4.78, 5) is 0.198. The van der Waals surface area contributed by atoms with Crippen LogP contribution in [0.5, 0.6) is 5.75 Å². The van der Waals surface area contributed by atoms with Gasteiger partial charge in [-0.1, -0.05) is 0 Å². The van der Waals surface area contributed by atoms with Gasteiger partial charge in [-0.2, -0.15) is 0 Å². The van der Waals surface area contributed by atoms with Crippen LogP contribution in [0, 0.1) is 0 Å². The Morgan fingerprint density at radius 1 is 1.05 bits per heavy atom. The molecule has 0 radical (unpaired) electrons. The number of benzene rings is 2. The average molecular weight is 371 g/mol. The van der Waals surface area contributed by atoms with Gasteiger partial charge in [0.2, 0.25) is 0 Å². The molecular formula is C14H15BrN2O3S. The lowest BCUT2D eigenvalue weighted by atomic mass is 10.3. The fourth-order valence-electron chi connectivity index (χ4n) is 1.74. The van der Waals surface area contributed by atoms with Gasteiger partial charge in [0.25, 0.3) is 10.0 Å². The van der Waals surface area contributed by atoms with Gasteiger partial charge in [-0.25, -0.2) is 8.42 Å². The quantitative estimate of drug-likeness (QED) is 0.847. The standard InChI is InChI=1S/C14H15BrN2O3S/c1-16-10-3-6-12(7-4-10)21(18,19)17-11-5-8-13(15)14(9-11)20-2/h3-9,16-17H,1-2H3. The molecule has 0 unspecified atom stereocenters. The van der Waals surface area contributed by atoms with Crippen LogP contribution in [0.15, 0.2) is 51.8 Å². The summed E-state index contributed by atoms with van der Waals surface area (Å²) in [6.07, 6.45) is 0. The van der Waals surface area contributed by atoms with Crippen LogP contribution in [0.2, 0.25) is 0 Å². The molecule has 0 aliphatic heterocycles. The van der Waals surface area contributed by atoms with Gasteiger partial charge in [0, 0.05) is 18.8 Å². The SMILES string of the molecule is CNc1ccc(S(=O)(=O)Nc2ccc(Br)c(OC)c2)cc1. The minimum atomic E-state index is -3.62. The Morgan fingerprint density at radius 2 is 1.67 bits per heavy atom. The molecule has 5 nitrogen and oxygen atoms in total. The van der Waals surface area contributed by atoms with E-state index in [1.807, 2.05) is 0 Å². The summed E-state index contributed by atoms with van der Waals surface area (Å²) in [5.74, 6) is 0.556. The predicted molar refractivity (Wildman–Crippen MR) is 87.5 cm³/mol. The first-order valence-electron chi connectivity index (χ1n) is 6.10. The highest BCUT2D eigenvalue weighted by atomic mass is 79.9. The van der Waals surface area contributed by atoms with E-state index >= 15 is 0 Å². The maximum Gasteiger partial charge on any atom is 0.261 e. The second-order valence-corrected chi connectivity index (χ2v) is 6.77. The second-order valence-electron chi connectivity index (χ2n) is 4.23. The first-order chi connectivity index (χ1) is 9.96. The zero-order valence-electron chi connectivity index (χ0n) is 11.6. The molecule has 0 spiro atoms. The lowest BCUT2D eigenvalue weighted by molar-refractivity contribution is 0.412. The highest BCUT2D eigenvalue weighted by Crippen LogP contribution is 2.29. The Bertz CT molecular complexity index is 730. The molecule has 0 aliphatic rings. The lowest BCUT2D eigenvalue weighted by Gasteiger charge is -2.11. The molecule has 0 bridgehead atoms. The molecule has 0 heterocycles. The lowest BCUT2D eigenvalue weighted by Crippen LogP contribution is -2.13. The Labute approximate surface area is 132 Å². The molecule has 0 saturated heterocycles. The van der Waals surface area contributed by atoms with Crippen LogP contribution in [0.25, 0.3) is 0 Å². The topological polar surface area (TPSA) is 67.4 Å². The Morgan fingerprint density at radius 3 is 2.24 bits per heavy atom. The number of nitrogens with one attached hydrogen (secondary N) is 2. The number of ether oxygens (including phenoxy) is 1. The summed E-state index contributed by atoms with van der Waals surface area (Å²) in [7, 11) is -0.328. The summed E-state index contributed by atoms with van der Waals surface area (Å²) in [5.41, 5.74) is 1.28. The fraction of sp³-hybridized carbons (Fsp3) is 0.143. The maximum atomic E-state index is 12.3. The minimum Gasteiger partial charge on any atom is -0.495 e. The van der Waals surface area contributed by atoms with E-state index in [1.54, 1.807) is 49.5 Å². The number of halogens is 1. The Hall–Kier alpha value is -1.73. The van der Waals surface area contributed by atoms with Crippen LogP contribution in [-0.2, 0) is 10.0 Å². The van der Waals surface area contributed by atoms with Crippen molar-refractivity contribution in [3.8, 4) is 5.75 Å². The third-order valence-corrected chi connectivity index (χ3v) is 4.91. The van der Waals surface area contributed by atoms with Gasteiger partial charge in [-0.15, -0.1) is 0 Å². The number of rotatable bonds is 5. The van der Waals surface area contributed by atoms with Crippen molar-refractivity contribution >= 4 is 37.3 Å². The first kappa shape index (κ1) is 15.7. The van der Waals surface area contributed by atoms with Crippen molar-refractivity contribution in [2.24, 2.45) is 0 Å². The highest BCUT2D eigenvalue weighted by Gasteiger charge is 2.14. The van der Waals surface area contributed by atoms with Gasteiger partial charge < -0.3 is 10.1 Å². The molecule has 7 heteroatoms. The molecule has 2 aromatic carbocycles. The molecule has 2 N–H and O–H groups in total. The van der Waals surface area contributed by atoms with Crippen molar-refractivity contribution in [1.29, 1.82) is 0 Å². The molecule has 0 fully saturated rings. The van der Waals surface area contributed by atoms with Gasteiger partial charge in [-0.05, 0) is 52.3 Å². The number of anilines is 2. The molecule has 2 rings (SSSR count). The predicted octanol–water partition coefficient (Wildman–Crippen LogP) is 3.30. The molecule has 0 saturated carbocycles. The first-order valence-corrected chi connectivity index (χ1v) is 8.38. The molecule has 2 aromatic rings. The van der Waals surface area contributed by atoms with E-state index in [1.165, 1.54) is 7.11 Å². The van der Waals surface area contributed by atoms with Gasteiger partial charge in [0.05, 0.1) is 22.2 Å². The fourth-order valence-corrected chi connectivity index (χ4v) is 3.20. The van der Waals surface area contributed by atoms with Crippen molar-refractivity contribution in [2.75, 3.05) is 24.2 Å². The van der Waals surface area contributed by atoms with E-state index in [-0.39, 0.29) is 4.90 Å². The molecule has 0 atom stereocenters. The zero-order valence-corrected chi connectivity index (χ0v) is 14.0. The van der Waals surface area contributed by atoms with Crippen LogP contribution < -0.4 is 14.8 Å². The van der Waals surface area contributed by atoms with Crippen molar-refractivity contribution in [3.63, 3.8) is 0 Å². The molecular weight excluding hydrogens is 356 g/mol. The van der Waals surface area contributed by atoms with E-state index in [9.17, 15) is 8.42 Å². The largest absolute Gasteiger partial charge is 0.495 e. The second kappa shape index (κ2) is 6.36. The van der Waals surface area contributed by atoms with Gasteiger partial charge in [0.1, 0.15) is 5.75 Å². The van der Waals surface area contributed by atoms with E-state index in [0.717, 1.165) is 10.2 Å². The number of hydrogen-bond acceptors (Lipinski definition) is 4. The summed E-state index contributed by atoms with van der Waals surface area (Å²) >= 11 is 3.32. The van der Waals surface area contributed by atoms with Crippen LogP contribution in [0.4, 0.5) is 11.4 Å². The maximum absolute atomic E-state index is 12.3. The number of sulfonamides is 1. The normalized spacial score (nSPS) is 11.0. The highest BCUT2D eigenvalue weighted by molar-refractivity contribution is 9.10. The van der Waals surface area contributed by atoms with E-state index in [2.05, 4.69) is 26.0 Å². The minimum absolute atomic E-state index is 0.198. The smallest absolute Gasteiger partial charge is 0.261 e. The molecule has 112 valence electrons. The van der Waals surface area contributed by atoms with Crippen LogP contribution in [0.1, 0.15) is 0 Å². The Kier molecular flexibility index (Phi) is 4.74. The summed E-state index contributed by atoms with van der Waals surface area (Å²) < 4.78 is 33.0. The van der Waals surface area contributed by atoms with Crippen molar-refractivity contribution in [3.05, 3.63) is 46.9 Å². The Balaban J connectivity index is 2.28. The van der Waals surface area contributed by atoms with Gasteiger partial charge in [0.15, 0.2) is 0 Å². The van der Waals surface area contributed by atoms with E-state index < -0.39 is 10.0 Å². The van der Waals surface area contributed by atoms with Crippen LogP contribution in [-0.4, -0.2) is 22.6 Å². The van der Waals surface area contributed by atoms with E-state index in [0.29, 0.717) is 11.4 Å². The molecule has 0 amide bonds. The average Bonchev–Trinajstić information content (AvgIpc) is 2.49. The van der Waals surface area contributed by atoms with Crippen molar-refractivity contribution < 1.29 is 13.2 Å². The summed E-state index contributed by atoms with van der Waals surface area (Å²) in [6.45, 7) is 0. The number of hydrogen-bond donors (Lipinski definition) is 2. The van der Waals surface area contributed by atoms with Crippen LogP contribution >= 0.6 is 15.9 Å². The number of methoxy groups -OCH3 is 1. The van der Waals surface area contributed by atoms with Crippen molar-refractivity contribution in [2.45, 2.75) is 4.90 Å². The molecule has 0 aromatic heterocycles.